The Labute approximate surface area is 119 Å². The summed E-state index contributed by atoms with van der Waals surface area (Å²) >= 11 is 0. The van der Waals surface area contributed by atoms with Gasteiger partial charge in [0.05, 0.1) is 12.4 Å². The van der Waals surface area contributed by atoms with Crippen LogP contribution in [-0.2, 0) is 19.7 Å². The maximum Gasteiger partial charge on any atom is 0.157 e. The molecule has 0 spiro atoms. The van der Waals surface area contributed by atoms with Crippen LogP contribution in [0.1, 0.15) is 30.9 Å². The summed E-state index contributed by atoms with van der Waals surface area (Å²) in [4.78, 5) is 0. The fourth-order valence-electron chi connectivity index (χ4n) is 2.17. The van der Waals surface area contributed by atoms with Crippen molar-refractivity contribution >= 4 is 0 Å². The van der Waals surface area contributed by atoms with Crippen LogP contribution in [0.5, 0.6) is 5.75 Å². The van der Waals surface area contributed by atoms with Gasteiger partial charge in [-0.3, -0.25) is 4.68 Å². The molecule has 3 rings (SSSR count). The number of aryl methyl sites for hydroxylation is 1. The summed E-state index contributed by atoms with van der Waals surface area (Å²) < 4.78 is 7.70. The number of ether oxygens (including phenoxy) is 1. The van der Waals surface area contributed by atoms with Gasteiger partial charge in [0, 0.05) is 19.1 Å². The van der Waals surface area contributed by atoms with Crippen molar-refractivity contribution in [3.63, 3.8) is 0 Å². The fraction of sp³-hybridized carbons (Fsp3) is 0.438. The molecule has 0 saturated heterocycles. The number of nitrogens with zero attached hydrogens (tertiary/aromatic N) is 2. The van der Waals surface area contributed by atoms with Gasteiger partial charge >= 0.3 is 0 Å². The molecule has 1 aliphatic rings. The summed E-state index contributed by atoms with van der Waals surface area (Å²) in [6, 6.07) is 9.18. The Morgan fingerprint density at radius 3 is 2.80 bits per heavy atom. The monoisotopic (exact) mass is 271 g/mol. The Morgan fingerprint density at radius 1 is 1.30 bits per heavy atom. The summed E-state index contributed by atoms with van der Waals surface area (Å²) in [7, 11) is 0. The minimum atomic E-state index is 0.595. The summed E-state index contributed by atoms with van der Waals surface area (Å²) in [6.07, 6.45) is 6.34. The van der Waals surface area contributed by atoms with Crippen LogP contribution in [0.3, 0.4) is 0 Å². The highest BCUT2D eigenvalue weighted by molar-refractivity contribution is 5.27. The molecular formula is C16H21N3O. The van der Waals surface area contributed by atoms with E-state index in [4.69, 9.17) is 4.74 Å². The molecule has 0 radical (unpaired) electrons. The van der Waals surface area contributed by atoms with E-state index in [1.54, 1.807) is 6.20 Å². The molecular weight excluding hydrogens is 250 g/mol. The molecule has 0 amide bonds. The molecule has 2 aromatic rings. The van der Waals surface area contributed by atoms with Crippen LogP contribution in [0.25, 0.3) is 0 Å². The Balaban J connectivity index is 1.60. The van der Waals surface area contributed by atoms with Crippen molar-refractivity contribution in [1.82, 2.24) is 15.1 Å². The SMILES string of the molecule is CCn1cc(OCc2ccccc2CNC2CC2)cn1. The zero-order chi connectivity index (χ0) is 13.8. The first-order valence-corrected chi connectivity index (χ1v) is 7.30. The molecule has 0 unspecified atom stereocenters. The normalized spacial score (nSPS) is 14.4. The molecule has 20 heavy (non-hydrogen) atoms. The Kier molecular flexibility index (Phi) is 4.02. The molecule has 4 nitrogen and oxygen atoms in total. The molecule has 4 heteroatoms. The first kappa shape index (κ1) is 13.2. The highest BCUT2D eigenvalue weighted by Crippen LogP contribution is 2.20. The van der Waals surface area contributed by atoms with E-state index in [1.165, 1.54) is 24.0 Å². The van der Waals surface area contributed by atoms with Crippen molar-refractivity contribution in [2.75, 3.05) is 0 Å². The van der Waals surface area contributed by atoms with Crippen molar-refractivity contribution in [3.8, 4) is 5.75 Å². The third-order valence-corrected chi connectivity index (χ3v) is 3.60. The second-order valence-electron chi connectivity index (χ2n) is 5.24. The van der Waals surface area contributed by atoms with E-state index in [9.17, 15) is 0 Å². The smallest absolute Gasteiger partial charge is 0.157 e. The molecule has 1 fully saturated rings. The highest BCUT2D eigenvalue weighted by atomic mass is 16.5. The minimum absolute atomic E-state index is 0.595. The predicted molar refractivity (Wildman–Crippen MR) is 78.5 cm³/mol. The predicted octanol–water partition coefficient (Wildman–Crippen LogP) is 2.73. The molecule has 0 aliphatic heterocycles. The van der Waals surface area contributed by atoms with Gasteiger partial charge in [0.25, 0.3) is 0 Å². The average Bonchev–Trinajstić information content (AvgIpc) is 3.20. The van der Waals surface area contributed by atoms with Crippen molar-refractivity contribution in [1.29, 1.82) is 0 Å². The van der Waals surface area contributed by atoms with Gasteiger partial charge in [0.2, 0.25) is 0 Å². The van der Waals surface area contributed by atoms with E-state index in [0.29, 0.717) is 6.61 Å². The van der Waals surface area contributed by atoms with Gasteiger partial charge in [-0.15, -0.1) is 0 Å². The van der Waals surface area contributed by atoms with E-state index in [1.807, 2.05) is 10.9 Å². The highest BCUT2D eigenvalue weighted by Gasteiger charge is 2.20. The number of aromatic nitrogens is 2. The Bertz CT molecular complexity index is 560. The van der Waals surface area contributed by atoms with Crippen LogP contribution in [-0.4, -0.2) is 15.8 Å². The molecule has 1 aromatic carbocycles. The van der Waals surface area contributed by atoms with Crippen molar-refractivity contribution in [2.24, 2.45) is 0 Å². The molecule has 0 bridgehead atoms. The van der Waals surface area contributed by atoms with Gasteiger partial charge in [0.15, 0.2) is 5.75 Å². The lowest BCUT2D eigenvalue weighted by molar-refractivity contribution is 0.304. The summed E-state index contributed by atoms with van der Waals surface area (Å²) in [5.41, 5.74) is 2.56. The van der Waals surface area contributed by atoms with Gasteiger partial charge in [-0.05, 0) is 30.9 Å². The maximum atomic E-state index is 5.83. The molecule has 1 aliphatic carbocycles. The summed E-state index contributed by atoms with van der Waals surface area (Å²) in [5, 5.41) is 7.77. The van der Waals surface area contributed by atoms with Crippen molar-refractivity contribution in [2.45, 2.75) is 45.5 Å². The lowest BCUT2D eigenvalue weighted by Gasteiger charge is -2.10. The van der Waals surface area contributed by atoms with Crippen LogP contribution in [0, 0.1) is 0 Å². The number of benzene rings is 1. The van der Waals surface area contributed by atoms with Crippen LogP contribution >= 0.6 is 0 Å². The first-order valence-electron chi connectivity index (χ1n) is 7.30. The zero-order valence-corrected chi connectivity index (χ0v) is 11.9. The molecule has 106 valence electrons. The molecule has 1 aromatic heterocycles. The third kappa shape index (κ3) is 3.39. The Morgan fingerprint density at radius 2 is 2.10 bits per heavy atom. The van der Waals surface area contributed by atoms with E-state index in [-0.39, 0.29) is 0 Å². The van der Waals surface area contributed by atoms with Crippen molar-refractivity contribution in [3.05, 3.63) is 47.8 Å². The first-order chi connectivity index (χ1) is 9.85. The lowest BCUT2D eigenvalue weighted by Crippen LogP contribution is -2.16. The van der Waals surface area contributed by atoms with E-state index in [2.05, 4.69) is 41.6 Å². The van der Waals surface area contributed by atoms with Gasteiger partial charge in [0.1, 0.15) is 6.61 Å². The van der Waals surface area contributed by atoms with E-state index < -0.39 is 0 Å². The molecule has 1 N–H and O–H groups in total. The zero-order valence-electron chi connectivity index (χ0n) is 11.9. The quantitative estimate of drug-likeness (QED) is 0.841. The molecule has 1 saturated carbocycles. The van der Waals surface area contributed by atoms with Gasteiger partial charge in [-0.25, -0.2) is 0 Å². The fourth-order valence-corrected chi connectivity index (χ4v) is 2.17. The largest absolute Gasteiger partial charge is 0.486 e. The van der Waals surface area contributed by atoms with Gasteiger partial charge in [-0.2, -0.15) is 5.10 Å². The molecule has 1 heterocycles. The Hall–Kier alpha value is -1.81. The number of hydrogen-bond acceptors (Lipinski definition) is 3. The van der Waals surface area contributed by atoms with Gasteiger partial charge < -0.3 is 10.1 Å². The summed E-state index contributed by atoms with van der Waals surface area (Å²) in [6.45, 7) is 4.46. The third-order valence-electron chi connectivity index (χ3n) is 3.60. The van der Waals surface area contributed by atoms with Crippen LogP contribution in [0.15, 0.2) is 36.7 Å². The number of rotatable bonds is 7. The van der Waals surface area contributed by atoms with Crippen LogP contribution < -0.4 is 10.1 Å². The second kappa shape index (κ2) is 6.09. The van der Waals surface area contributed by atoms with Crippen LogP contribution in [0.4, 0.5) is 0 Å². The number of nitrogens with one attached hydrogen (secondary N) is 1. The maximum absolute atomic E-state index is 5.83. The minimum Gasteiger partial charge on any atom is -0.486 e. The standard InChI is InChI=1S/C16H21N3O/c1-2-19-11-16(10-18-19)20-12-14-6-4-3-5-13(14)9-17-15-7-8-15/h3-6,10-11,15,17H,2,7-9,12H2,1H3. The average molecular weight is 271 g/mol. The van der Waals surface area contributed by atoms with E-state index in [0.717, 1.165) is 24.9 Å². The topological polar surface area (TPSA) is 39.1 Å². The summed E-state index contributed by atoms with van der Waals surface area (Å²) in [5.74, 6) is 0.830. The van der Waals surface area contributed by atoms with Crippen molar-refractivity contribution < 1.29 is 4.74 Å². The second-order valence-corrected chi connectivity index (χ2v) is 5.24. The molecule has 0 atom stereocenters. The van der Waals surface area contributed by atoms with E-state index >= 15 is 0 Å². The van der Waals surface area contributed by atoms with Gasteiger partial charge in [-0.1, -0.05) is 24.3 Å². The number of hydrogen-bond donors (Lipinski definition) is 1. The lowest BCUT2D eigenvalue weighted by atomic mass is 10.1. The van der Waals surface area contributed by atoms with Crippen LogP contribution in [0.2, 0.25) is 0 Å².